The van der Waals surface area contributed by atoms with E-state index in [-0.39, 0.29) is 11.5 Å². The Labute approximate surface area is 175 Å². The van der Waals surface area contributed by atoms with Crippen LogP contribution in [0.15, 0.2) is 29.1 Å². The largest absolute Gasteiger partial charge is 0.326 e. The molecule has 0 fully saturated rings. The molecule has 0 aliphatic heterocycles. The summed E-state index contributed by atoms with van der Waals surface area (Å²) in [5, 5.41) is 4.27. The van der Waals surface area contributed by atoms with Crippen LogP contribution in [0.3, 0.4) is 0 Å². The lowest BCUT2D eigenvalue weighted by Crippen LogP contribution is -2.13. The number of nitrogens with one attached hydrogen (secondary N) is 2. The summed E-state index contributed by atoms with van der Waals surface area (Å²) in [6, 6.07) is 7.04. The normalized spacial score (nSPS) is 13.5. The van der Waals surface area contributed by atoms with Gasteiger partial charge in [-0.05, 0) is 55.5 Å². The smallest absolute Gasteiger partial charge is 0.259 e. The average Bonchev–Trinajstić information content (AvgIpc) is 3.06. The molecule has 2 N–H and O–H groups in total. The second-order valence-electron chi connectivity index (χ2n) is 6.76. The summed E-state index contributed by atoms with van der Waals surface area (Å²) in [5.74, 6) is 1.88. The summed E-state index contributed by atoms with van der Waals surface area (Å²) in [6.45, 7) is 0. The minimum absolute atomic E-state index is 0.0273. The number of carbonyl (C=O) groups excluding carboxylic acids is 1. The number of rotatable bonds is 6. The maximum atomic E-state index is 12.5. The summed E-state index contributed by atoms with van der Waals surface area (Å²) in [4.78, 5) is 34.3. The first-order valence-corrected chi connectivity index (χ1v) is 11.6. The average molecular weight is 434 g/mol. The molecule has 2 aromatic heterocycles. The number of thiophene rings is 1. The maximum Gasteiger partial charge on any atom is 0.259 e. The van der Waals surface area contributed by atoms with Crippen molar-refractivity contribution in [1.29, 1.82) is 0 Å². The van der Waals surface area contributed by atoms with Gasteiger partial charge in [-0.1, -0.05) is 11.6 Å². The molecule has 1 amide bonds. The van der Waals surface area contributed by atoms with Gasteiger partial charge in [-0.3, -0.25) is 9.59 Å². The van der Waals surface area contributed by atoms with Gasteiger partial charge in [0.15, 0.2) is 0 Å². The topological polar surface area (TPSA) is 74.8 Å². The van der Waals surface area contributed by atoms with Gasteiger partial charge in [0.2, 0.25) is 5.91 Å². The van der Waals surface area contributed by atoms with E-state index in [1.807, 2.05) is 0 Å². The molecule has 0 saturated heterocycles. The standard InChI is InChI=1S/C20H20ClN3O2S2/c21-12-5-7-13(8-6-12)22-17(25)9-10-27-11-16-23-19(26)18-14-3-1-2-4-15(14)28-20(18)24-16/h5-8H,1-4,9-11H2,(H,22,25)(H,23,24,26). The fraction of sp³-hybridized carbons (Fsp3) is 0.350. The number of hydrogen-bond donors (Lipinski definition) is 2. The zero-order chi connectivity index (χ0) is 19.5. The predicted molar refractivity (Wildman–Crippen MR) is 118 cm³/mol. The number of hydrogen-bond acceptors (Lipinski definition) is 5. The summed E-state index contributed by atoms with van der Waals surface area (Å²) in [5.41, 5.74) is 1.91. The van der Waals surface area contributed by atoms with Crippen LogP contribution in [0.2, 0.25) is 5.02 Å². The van der Waals surface area contributed by atoms with E-state index >= 15 is 0 Å². The highest BCUT2D eigenvalue weighted by Gasteiger charge is 2.19. The highest BCUT2D eigenvalue weighted by Crippen LogP contribution is 2.33. The van der Waals surface area contributed by atoms with Crippen LogP contribution in [-0.4, -0.2) is 21.6 Å². The Bertz CT molecular complexity index is 1060. The molecule has 28 heavy (non-hydrogen) atoms. The number of nitrogens with zero attached hydrogens (tertiary/aromatic N) is 1. The van der Waals surface area contributed by atoms with Crippen molar-refractivity contribution in [3.8, 4) is 0 Å². The van der Waals surface area contributed by atoms with E-state index < -0.39 is 0 Å². The van der Waals surface area contributed by atoms with Crippen LogP contribution in [0, 0.1) is 0 Å². The van der Waals surface area contributed by atoms with Gasteiger partial charge in [-0.2, -0.15) is 11.8 Å². The number of aromatic amines is 1. The third-order valence-electron chi connectivity index (χ3n) is 4.71. The third-order valence-corrected chi connectivity index (χ3v) is 7.12. The van der Waals surface area contributed by atoms with E-state index in [9.17, 15) is 9.59 Å². The first-order valence-electron chi connectivity index (χ1n) is 9.27. The molecule has 0 saturated carbocycles. The molecule has 3 aromatic rings. The van der Waals surface area contributed by atoms with Crippen LogP contribution >= 0.6 is 34.7 Å². The molecule has 0 unspecified atom stereocenters. The highest BCUT2D eigenvalue weighted by atomic mass is 35.5. The minimum Gasteiger partial charge on any atom is -0.326 e. The van der Waals surface area contributed by atoms with E-state index in [0.29, 0.717) is 28.8 Å². The Hall–Kier alpha value is -1.83. The minimum atomic E-state index is -0.0438. The SMILES string of the molecule is O=C(CCSCc1nc2sc3c(c2c(=O)[nH]1)CCCC3)Nc1ccc(Cl)cc1. The number of fused-ring (bicyclic) bond motifs is 3. The summed E-state index contributed by atoms with van der Waals surface area (Å²) in [7, 11) is 0. The molecule has 1 aliphatic carbocycles. The summed E-state index contributed by atoms with van der Waals surface area (Å²) in [6.07, 6.45) is 4.78. The molecule has 0 bridgehead atoms. The van der Waals surface area contributed by atoms with Crippen LogP contribution in [0.4, 0.5) is 5.69 Å². The molecule has 2 heterocycles. The van der Waals surface area contributed by atoms with Gasteiger partial charge in [-0.25, -0.2) is 4.98 Å². The van der Waals surface area contributed by atoms with Gasteiger partial charge < -0.3 is 10.3 Å². The number of anilines is 1. The Morgan fingerprint density at radius 2 is 2.04 bits per heavy atom. The molecule has 5 nitrogen and oxygen atoms in total. The quantitative estimate of drug-likeness (QED) is 0.548. The van der Waals surface area contributed by atoms with Crippen LogP contribution in [-0.2, 0) is 23.4 Å². The van der Waals surface area contributed by atoms with E-state index in [0.717, 1.165) is 35.2 Å². The van der Waals surface area contributed by atoms with Crippen molar-refractivity contribution in [2.75, 3.05) is 11.1 Å². The first kappa shape index (κ1) is 19.5. The Morgan fingerprint density at radius 1 is 1.25 bits per heavy atom. The first-order chi connectivity index (χ1) is 13.6. The van der Waals surface area contributed by atoms with Crippen molar-refractivity contribution in [3.63, 3.8) is 0 Å². The lowest BCUT2D eigenvalue weighted by atomic mass is 9.97. The number of halogens is 1. The van der Waals surface area contributed by atoms with Crippen molar-refractivity contribution in [1.82, 2.24) is 9.97 Å². The number of amides is 1. The Morgan fingerprint density at radius 3 is 2.86 bits per heavy atom. The number of thioether (sulfide) groups is 1. The Balaban J connectivity index is 1.32. The number of carbonyl (C=O) groups is 1. The molecule has 146 valence electrons. The van der Waals surface area contributed by atoms with Crippen molar-refractivity contribution < 1.29 is 4.79 Å². The van der Waals surface area contributed by atoms with Crippen molar-refractivity contribution >= 4 is 56.5 Å². The van der Waals surface area contributed by atoms with Crippen LogP contribution in [0.1, 0.15) is 35.5 Å². The fourth-order valence-electron chi connectivity index (χ4n) is 3.37. The fourth-order valence-corrected chi connectivity index (χ4v) is 5.58. The molecule has 1 aromatic carbocycles. The van der Waals surface area contributed by atoms with Gasteiger partial charge >= 0.3 is 0 Å². The number of aromatic nitrogens is 2. The Kier molecular flexibility index (Phi) is 6.04. The molecule has 0 radical (unpaired) electrons. The van der Waals surface area contributed by atoms with Crippen LogP contribution < -0.4 is 10.9 Å². The second-order valence-corrected chi connectivity index (χ2v) is 9.39. The van der Waals surface area contributed by atoms with Crippen LogP contribution in [0.5, 0.6) is 0 Å². The van der Waals surface area contributed by atoms with E-state index in [4.69, 9.17) is 11.6 Å². The molecule has 0 atom stereocenters. The number of benzene rings is 1. The molecule has 8 heteroatoms. The lowest BCUT2D eigenvalue weighted by molar-refractivity contribution is -0.115. The zero-order valence-electron chi connectivity index (χ0n) is 15.2. The highest BCUT2D eigenvalue weighted by molar-refractivity contribution is 7.98. The van der Waals surface area contributed by atoms with Crippen LogP contribution in [0.25, 0.3) is 10.2 Å². The predicted octanol–water partition coefficient (Wildman–Crippen LogP) is 4.78. The summed E-state index contributed by atoms with van der Waals surface area (Å²) >= 11 is 9.09. The van der Waals surface area contributed by atoms with Gasteiger partial charge in [0.05, 0.1) is 11.1 Å². The molecular weight excluding hydrogens is 414 g/mol. The monoisotopic (exact) mass is 433 g/mol. The van der Waals surface area contributed by atoms with Crippen molar-refractivity contribution in [2.24, 2.45) is 0 Å². The zero-order valence-corrected chi connectivity index (χ0v) is 17.6. The van der Waals surface area contributed by atoms with E-state index in [1.54, 1.807) is 47.4 Å². The van der Waals surface area contributed by atoms with Crippen molar-refractivity contribution in [2.45, 2.75) is 37.9 Å². The van der Waals surface area contributed by atoms with Gasteiger partial charge in [0.25, 0.3) is 5.56 Å². The number of aryl methyl sites for hydroxylation is 2. The maximum absolute atomic E-state index is 12.5. The van der Waals surface area contributed by atoms with E-state index in [1.165, 1.54) is 16.9 Å². The summed E-state index contributed by atoms with van der Waals surface area (Å²) < 4.78 is 0. The van der Waals surface area contributed by atoms with Gasteiger partial charge in [0.1, 0.15) is 10.7 Å². The molecule has 1 aliphatic rings. The number of H-pyrrole nitrogens is 1. The molecule has 4 rings (SSSR count). The van der Waals surface area contributed by atoms with Gasteiger partial charge in [0, 0.05) is 27.8 Å². The van der Waals surface area contributed by atoms with Crippen molar-refractivity contribution in [3.05, 3.63) is 55.9 Å². The second kappa shape index (κ2) is 8.68. The third kappa shape index (κ3) is 4.42. The molecular formula is C20H20ClN3O2S2. The van der Waals surface area contributed by atoms with Gasteiger partial charge in [-0.15, -0.1) is 11.3 Å². The lowest BCUT2D eigenvalue weighted by Gasteiger charge is -2.09. The molecule has 0 spiro atoms. The van der Waals surface area contributed by atoms with E-state index in [2.05, 4.69) is 15.3 Å².